The van der Waals surface area contributed by atoms with Crippen LogP contribution in [0, 0.1) is 6.92 Å². The van der Waals surface area contributed by atoms with Crippen molar-refractivity contribution in [2.75, 3.05) is 20.3 Å². The summed E-state index contributed by atoms with van der Waals surface area (Å²) in [5, 5.41) is 0. The number of amidine groups is 1. The van der Waals surface area contributed by atoms with E-state index in [1.54, 1.807) is 19.5 Å². The highest BCUT2D eigenvalue weighted by Gasteiger charge is 2.00. The van der Waals surface area contributed by atoms with Gasteiger partial charge in [-0.2, -0.15) is 0 Å². The first-order valence-corrected chi connectivity index (χ1v) is 4.45. The van der Waals surface area contributed by atoms with Crippen molar-refractivity contribution < 1.29 is 4.74 Å². The summed E-state index contributed by atoms with van der Waals surface area (Å²) in [6, 6.07) is 1.86. The quantitative estimate of drug-likeness (QED) is 0.436. The van der Waals surface area contributed by atoms with E-state index in [0.29, 0.717) is 19.0 Å². The maximum atomic E-state index is 5.80. The van der Waals surface area contributed by atoms with Crippen molar-refractivity contribution in [2.45, 2.75) is 6.92 Å². The third-order valence-corrected chi connectivity index (χ3v) is 1.87. The van der Waals surface area contributed by atoms with Crippen molar-refractivity contribution in [1.82, 2.24) is 4.98 Å². The summed E-state index contributed by atoms with van der Waals surface area (Å²) in [6.45, 7) is 3.13. The zero-order valence-corrected chi connectivity index (χ0v) is 8.53. The van der Waals surface area contributed by atoms with E-state index in [9.17, 15) is 0 Å². The molecule has 76 valence electrons. The molecule has 0 aliphatic heterocycles. The van der Waals surface area contributed by atoms with E-state index in [-0.39, 0.29) is 0 Å². The molecule has 1 aromatic heterocycles. The Morgan fingerprint density at radius 2 is 2.43 bits per heavy atom. The summed E-state index contributed by atoms with van der Waals surface area (Å²) in [6.07, 6.45) is 3.48. The van der Waals surface area contributed by atoms with Crippen molar-refractivity contribution in [3.63, 3.8) is 0 Å². The fraction of sp³-hybridized carbons (Fsp3) is 0.400. The smallest absolute Gasteiger partial charge is 0.126 e. The number of hydrogen-bond donors (Lipinski definition) is 1. The van der Waals surface area contributed by atoms with E-state index >= 15 is 0 Å². The lowest BCUT2D eigenvalue weighted by Gasteiger charge is -2.03. The van der Waals surface area contributed by atoms with E-state index in [4.69, 9.17) is 10.5 Å². The van der Waals surface area contributed by atoms with Gasteiger partial charge in [0.2, 0.25) is 0 Å². The molecule has 1 heterocycles. The number of aryl methyl sites for hydroxylation is 1. The van der Waals surface area contributed by atoms with Gasteiger partial charge in [0.05, 0.1) is 13.2 Å². The maximum Gasteiger partial charge on any atom is 0.126 e. The Balaban J connectivity index is 2.73. The van der Waals surface area contributed by atoms with E-state index in [1.165, 1.54) is 0 Å². The molecule has 2 N–H and O–H groups in total. The molecule has 4 heteroatoms. The maximum absolute atomic E-state index is 5.80. The molecule has 0 aliphatic carbocycles. The standard InChI is InChI=1S/C10H15N3O/c1-8-7-12-4-3-9(8)10(11)13-5-6-14-2/h3-4,7H,5-6H2,1-2H3,(H2,11,13). The number of aliphatic imine (C=N–C) groups is 1. The van der Waals surface area contributed by atoms with Gasteiger partial charge in [0.15, 0.2) is 0 Å². The van der Waals surface area contributed by atoms with Crippen molar-refractivity contribution in [3.8, 4) is 0 Å². The highest BCUT2D eigenvalue weighted by atomic mass is 16.5. The molecule has 0 bridgehead atoms. The van der Waals surface area contributed by atoms with Crippen LogP contribution in [0.25, 0.3) is 0 Å². The lowest BCUT2D eigenvalue weighted by Crippen LogP contribution is -2.16. The summed E-state index contributed by atoms with van der Waals surface area (Å²) in [5.74, 6) is 0.543. The molecule has 0 spiro atoms. The zero-order valence-electron chi connectivity index (χ0n) is 8.53. The lowest BCUT2D eigenvalue weighted by atomic mass is 10.1. The van der Waals surface area contributed by atoms with Crippen LogP contribution in [-0.4, -0.2) is 31.1 Å². The summed E-state index contributed by atoms with van der Waals surface area (Å²) >= 11 is 0. The zero-order chi connectivity index (χ0) is 10.4. The van der Waals surface area contributed by atoms with E-state index < -0.39 is 0 Å². The van der Waals surface area contributed by atoms with Crippen LogP contribution >= 0.6 is 0 Å². The Bertz CT molecular complexity index is 323. The number of ether oxygens (including phenoxy) is 1. The van der Waals surface area contributed by atoms with Gasteiger partial charge in [0.25, 0.3) is 0 Å². The molecule has 0 radical (unpaired) electrons. The molecule has 0 unspecified atom stereocenters. The SMILES string of the molecule is COCCN=C(N)c1ccncc1C. The van der Waals surface area contributed by atoms with Crippen molar-refractivity contribution in [3.05, 3.63) is 29.6 Å². The second kappa shape index (κ2) is 5.34. The minimum atomic E-state index is 0.543. The normalized spacial score (nSPS) is 11.7. The summed E-state index contributed by atoms with van der Waals surface area (Å²) in [4.78, 5) is 8.18. The molecular weight excluding hydrogens is 178 g/mol. The molecule has 0 fully saturated rings. The Hall–Kier alpha value is -1.42. The fourth-order valence-electron chi connectivity index (χ4n) is 1.10. The molecule has 1 rings (SSSR count). The monoisotopic (exact) mass is 193 g/mol. The Morgan fingerprint density at radius 1 is 1.64 bits per heavy atom. The van der Waals surface area contributed by atoms with Gasteiger partial charge in [-0.15, -0.1) is 0 Å². The second-order valence-electron chi connectivity index (χ2n) is 2.95. The molecule has 0 aliphatic rings. The molecule has 0 saturated heterocycles. The van der Waals surface area contributed by atoms with Gasteiger partial charge in [-0.05, 0) is 18.6 Å². The molecule has 0 saturated carbocycles. The predicted octanol–water partition coefficient (Wildman–Crippen LogP) is 0.742. The topological polar surface area (TPSA) is 60.5 Å². The highest BCUT2D eigenvalue weighted by Crippen LogP contribution is 2.03. The average molecular weight is 193 g/mol. The molecule has 4 nitrogen and oxygen atoms in total. The Labute approximate surface area is 83.8 Å². The average Bonchev–Trinajstić information content (AvgIpc) is 2.18. The number of nitrogens with two attached hydrogens (primary N) is 1. The first-order chi connectivity index (χ1) is 6.75. The minimum absolute atomic E-state index is 0.543. The number of methoxy groups -OCH3 is 1. The van der Waals surface area contributed by atoms with Gasteiger partial charge in [0.1, 0.15) is 5.84 Å². The Kier molecular flexibility index (Phi) is 4.07. The predicted molar refractivity (Wildman–Crippen MR) is 56.4 cm³/mol. The van der Waals surface area contributed by atoms with Gasteiger partial charge < -0.3 is 10.5 Å². The van der Waals surface area contributed by atoms with Crippen molar-refractivity contribution in [1.29, 1.82) is 0 Å². The summed E-state index contributed by atoms with van der Waals surface area (Å²) in [5.41, 5.74) is 7.78. The van der Waals surface area contributed by atoms with Crippen LogP contribution in [0.3, 0.4) is 0 Å². The fourth-order valence-corrected chi connectivity index (χ4v) is 1.10. The van der Waals surface area contributed by atoms with E-state index in [1.807, 2.05) is 13.0 Å². The van der Waals surface area contributed by atoms with Crippen LogP contribution in [0.2, 0.25) is 0 Å². The van der Waals surface area contributed by atoms with Crippen LogP contribution in [-0.2, 0) is 4.74 Å². The summed E-state index contributed by atoms with van der Waals surface area (Å²) < 4.78 is 4.88. The van der Waals surface area contributed by atoms with Crippen LogP contribution in [0.15, 0.2) is 23.5 Å². The number of aromatic nitrogens is 1. The molecule has 0 aromatic carbocycles. The minimum Gasteiger partial charge on any atom is -0.383 e. The molecular formula is C10H15N3O. The van der Waals surface area contributed by atoms with Crippen molar-refractivity contribution in [2.24, 2.45) is 10.7 Å². The van der Waals surface area contributed by atoms with Gasteiger partial charge in [-0.25, -0.2) is 0 Å². The molecule has 1 aromatic rings. The highest BCUT2D eigenvalue weighted by molar-refractivity contribution is 5.98. The van der Waals surface area contributed by atoms with Crippen molar-refractivity contribution >= 4 is 5.84 Å². The molecule has 0 atom stereocenters. The first kappa shape index (κ1) is 10.7. The van der Waals surface area contributed by atoms with Gasteiger partial charge in [0, 0.05) is 25.1 Å². The van der Waals surface area contributed by atoms with E-state index in [2.05, 4.69) is 9.98 Å². The first-order valence-electron chi connectivity index (χ1n) is 4.45. The number of hydrogen-bond acceptors (Lipinski definition) is 3. The van der Waals surface area contributed by atoms with E-state index in [0.717, 1.165) is 11.1 Å². The van der Waals surface area contributed by atoms with Gasteiger partial charge >= 0.3 is 0 Å². The number of rotatable bonds is 4. The molecule has 0 amide bonds. The van der Waals surface area contributed by atoms with Crippen LogP contribution in [0.1, 0.15) is 11.1 Å². The number of pyridine rings is 1. The van der Waals surface area contributed by atoms with Crippen LogP contribution < -0.4 is 5.73 Å². The number of nitrogens with zero attached hydrogens (tertiary/aromatic N) is 2. The van der Waals surface area contributed by atoms with Crippen LogP contribution in [0.5, 0.6) is 0 Å². The lowest BCUT2D eigenvalue weighted by molar-refractivity contribution is 0.208. The second-order valence-corrected chi connectivity index (χ2v) is 2.95. The third kappa shape index (κ3) is 2.81. The Morgan fingerprint density at radius 3 is 3.07 bits per heavy atom. The largest absolute Gasteiger partial charge is 0.383 e. The summed E-state index contributed by atoms with van der Waals surface area (Å²) in [7, 11) is 1.64. The molecule has 14 heavy (non-hydrogen) atoms. The van der Waals surface area contributed by atoms with Crippen LogP contribution in [0.4, 0.5) is 0 Å². The van der Waals surface area contributed by atoms with Gasteiger partial charge in [-0.1, -0.05) is 0 Å². The van der Waals surface area contributed by atoms with Gasteiger partial charge in [-0.3, -0.25) is 9.98 Å². The third-order valence-electron chi connectivity index (χ3n) is 1.87.